The predicted molar refractivity (Wildman–Crippen MR) is 73.8 cm³/mol. The summed E-state index contributed by atoms with van der Waals surface area (Å²) >= 11 is 0. The lowest BCUT2D eigenvalue weighted by Gasteiger charge is -2.10. The number of halogens is 1. The Bertz CT molecular complexity index is 621. The first-order valence-electron chi connectivity index (χ1n) is 6.31. The van der Waals surface area contributed by atoms with Crippen LogP contribution in [-0.2, 0) is 11.3 Å². The molecule has 1 amide bonds. The zero-order chi connectivity index (χ0) is 14.7. The number of carbonyl (C=O) groups excluding carboxylic acids is 1. The van der Waals surface area contributed by atoms with Gasteiger partial charge in [-0.15, -0.1) is 0 Å². The summed E-state index contributed by atoms with van der Waals surface area (Å²) in [7, 11) is 0. The highest BCUT2D eigenvalue weighted by Gasteiger charge is 2.10. The standard InChI is InChI=1S/C14H17FN4O/c1-9(16)14(20)18-8-11-3-4-13(12(15)7-11)19-6-5-17-10(19)2/h3-7,9H,8,16H2,1-2H3,(H,18,20)/t9-/m1/s1. The summed E-state index contributed by atoms with van der Waals surface area (Å²) in [4.78, 5) is 15.4. The first-order valence-corrected chi connectivity index (χ1v) is 6.31. The van der Waals surface area contributed by atoms with Crippen molar-refractivity contribution in [1.29, 1.82) is 0 Å². The van der Waals surface area contributed by atoms with Crippen LogP contribution in [0.5, 0.6) is 0 Å². The Balaban J connectivity index is 2.14. The maximum Gasteiger partial charge on any atom is 0.236 e. The molecule has 1 heterocycles. The maximum absolute atomic E-state index is 14.1. The molecule has 2 rings (SSSR count). The minimum Gasteiger partial charge on any atom is -0.351 e. The molecule has 2 aromatic rings. The van der Waals surface area contributed by atoms with Gasteiger partial charge in [0.15, 0.2) is 0 Å². The number of hydrogen-bond acceptors (Lipinski definition) is 3. The van der Waals surface area contributed by atoms with E-state index in [9.17, 15) is 9.18 Å². The van der Waals surface area contributed by atoms with E-state index in [0.29, 0.717) is 17.1 Å². The lowest BCUT2D eigenvalue weighted by atomic mass is 10.2. The quantitative estimate of drug-likeness (QED) is 0.883. The van der Waals surface area contributed by atoms with Crippen LogP contribution >= 0.6 is 0 Å². The largest absolute Gasteiger partial charge is 0.351 e. The fourth-order valence-electron chi connectivity index (χ4n) is 1.84. The predicted octanol–water partition coefficient (Wildman–Crippen LogP) is 1.28. The highest BCUT2D eigenvalue weighted by molar-refractivity contribution is 5.80. The molecule has 0 spiro atoms. The highest BCUT2D eigenvalue weighted by Crippen LogP contribution is 2.16. The van der Waals surface area contributed by atoms with Crippen LogP contribution in [0, 0.1) is 12.7 Å². The average Bonchev–Trinajstić information content (AvgIpc) is 2.82. The number of aryl methyl sites for hydroxylation is 1. The molecule has 0 saturated carbocycles. The van der Waals surface area contributed by atoms with Crippen molar-refractivity contribution in [2.75, 3.05) is 0 Å². The summed E-state index contributed by atoms with van der Waals surface area (Å²) in [6, 6.07) is 4.25. The average molecular weight is 276 g/mol. The van der Waals surface area contributed by atoms with Gasteiger partial charge in [0.2, 0.25) is 5.91 Å². The highest BCUT2D eigenvalue weighted by atomic mass is 19.1. The molecular formula is C14H17FN4O. The number of rotatable bonds is 4. The van der Waals surface area contributed by atoms with Gasteiger partial charge in [-0.05, 0) is 31.5 Å². The molecule has 0 radical (unpaired) electrons. The second-order valence-corrected chi connectivity index (χ2v) is 4.64. The first kappa shape index (κ1) is 14.2. The number of benzene rings is 1. The topological polar surface area (TPSA) is 72.9 Å². The van der Waals surface area contributed by atoms with E-state index in [-0.39, 0.29) is 18.3 Å². The number of aromatic nitrogens is 2. The van der Waals surface area contributed by atoms with Crippen LogP contribution in [0.25, 0.3) is 5.69 Å². The van der Waals surface area contributed by atoms with Crippen molar-refractivity contribution in [2.24, 2.45) is 5.73 Å². The van der Waals surface area contributed by atoms with Crippen molar-refractivity contribution in [3.05, 3.63) is 47.8 Å². The van der Waals surface area contributed by atoms with E-state index in [0.717, 1.165) is 0 Å². The van der Waals surface area contributed by atoms with E-state index in [1.54, 1.807) is 42.9 Å². The van der Waals surface area contributed by atoms with Gasteiger partial charge in [-0.3, -0.25) is 4.79 Å². The lowest BCUT2D eigenvalue weighted by molar-refractivity contribution is -0.122. The van der Waals surface area contributed by atoms with Gasteiger partial charge in [0, 0.05) is 18.9 Å². The molecule has 1 aromatic heterocycles. The third kappa shape index (κ3) is 3.03. The van der Waals surface area contributed by atoms with E-state index in [2.05, 4.69) is 10.3 Å². The fourth-order valence-corrected chi connectivity index (χ4v) is 1.84. The fraction of sp³-hybridized carbons (Fsp3) is 0.286. The second kappa shape index (κ2) is 5.83. The monoisotopic (exact) mass is 276 g/mol. The summed E-state index contributed by atoms with van der Waals surface area (Å²) in [5.74, 6) is 0.0838. The molecule has 0 bridgehead atoms. The molecule has 0 unspecified atom stereocenters. The molecular weight excluding hydrogens is 259 g/mol. The summed E-state index contributed by atoms with van der Waals surface area (Å²) < 4.78 is 15.8. The normalized spacial score (nSPS) is 12.2. The van der Waals surface area contributed by atoms with Crippen LogP contribution in [-0.4, -0.2) is 21.5 Å². The van der Waals surface area contributed by atoms with E-state index in [1.807, 2.05) is 0 Å². The number of hydrogen-bond donors (Lipinski definition) is 2. The molecule has 5 nitrogen and oxygen atoms in total. The molecule has 6 heteroatoms. The molecule has 0 aliphatic heterocycles. The van der Waals surface area contributed by atoms with Crippen LogP contribution in [0.1, 0.15) is 18.3 Å². The number of nitrogens with two attached hydrogens (primary N) is 1. The van der Waals surface area contributed by atoms with Crippen LogP contribution in [0.2, 0.25) is 0 Å². The van der Waals surface area contributed by atoms with Crippen LogP contribution in [0.15, 0.2) is 30.6 Å². The summed E-state index contributed by atoms with van der Waals surface area (Å²) in [5, 5.41) is 2.64. The van der Waals surface area contributed by atoms with Crippen molar-refractivity contribution in [3.8, 4) is 5.69 Å². The third-order valence-electron chi connectivity index (χ3n) is 2.98. The zero-order valence-corrected chi connectivity index (χ0v) is 11.4. The van der Waals surface area contributed by atoms with Gasteiger partial charge < -0.3 is 15.6 Å². The van der Waals surface area contributed by atoms with Gasteiger partial charge in [-0.25, -0.2) is 9.37 Å². The van der Waals surface area contributed by atoms with Crippen molar-refractivity contribution < 1.29 is 9.18 Å². The molecule has 1 atom stereocenters. The van der Waals surface area contributed by atoms with Crippen LogP contribution in [0.4, 0.5) is 4.39 Å². The summed E-state index contributed by atoms with van der Waals surface area (Å²) in [6.45, 7) is 3.65. The first-order chi connectivity index (χ1) is 9.49. The number of nitrogens with zero attached hydrogens (tertiary/aromatic N) is 2. The Morgan fingerprint density at radius 3 is 2.85 bits per heavy atom. The number of carbonyl (C=O) groups is 1. The van der Waals surface area contributed by atoms with Crippen molar-refractivity contribution in [2.45, 2.75) is 26.4 Å². The van der Waals surface area contributed by atoms with Gasteiger partial charge in [-0.1, -0.05) is 6.07 Å². The maximum atomic E-state index is 14.1. The Morgan fingerprint density at radius 2 is 2.30 bits per heavy atom. The van der Waals surface area contributed by atoms with Crippen molar-refractivity contribution >= 4 is 5.91 Å². The molecule has 0 saturated heterocycles. The molecule has 20 heavy (non-hydrogen) atoms. The van der Waals surface area contributed by atoms with Crippen molar-refractivity contribution in [3.63, 3.8) is 0 Å². The lowest BCUT2D eigenvalue weighted by Crippen LogP contribution is -2.37. The van der Waals surface area contributed by atoms with Crippen molar-refractivity contribution in [1.82, 2.24) is 14.9 Å². The van der Waals surface area contributed by atoms with Gasteiger partial charge in [0.05, 0.1) is 11.7 Å². The zero-order valence-electron chi connectivity index (χ0n) is 11.4. The van der Waals surface area contributed by atoms with E-state index >= 15 is 0 Å². The molecule has 0 aliphatic carbocycles. The van der Waals surface area contributed by atoms with Gasteiger partial charge in [0.25, 0.3) is 0 Å². The molecule has 3 N–H and O–H groups in total. The SMILES string of the molecule is Cc1nccn1-c1ccc(CNC(=O)[C@@H](C)N)cc1F. The smallest absolute Gasteiger partial charge is 0.236 e. The van der Waals surface area contributed by atoms with Crippen LogP contribution in [0.3, 0.4) is 0 Å². The summed E-state index contributed by atoms with van der Waals surface area (Å²) in [5.41, 5.74) is 6.55. The van der Waals surface area contributed by atoms with Crippen LogP contribution < -0.4 is 11.1 Å². The van der Waals surface area contributed by atoms with Gasteiger partial charge >= 0.3 is 0 Å². The van der Waals surface area contributed by atoms with E-state index in [1.165, 1.54) is 6.07 Å². The number of amides is 1. The number of imidazole rings is 1. The molecule has 0 aliphatic rings. The second-order valence-electron chi connectivity index (χ2n) is 4.64. The molecule has 106 valence electrons. The van der Waals surface area contributed by atoms with E-state index < -0.39 is 6.04 Å². The Hall–Kier alpha value is -2.21. The van der Waals surface area contributed by atoms with E-state index in [4.69, 9.17) is 5.73 Å². The van der Waals surface area contributed by atoms with Gasteiger partial charge in [0.1, 0.15) is 11.6 Å². The van der Waals surface area contributed by atoms with Gasteiger partial charge in [-0.2, -0.15) is 0 Å². The minimum absolute atomic E-state index is 0.250. The third-order valence-corrected chi connectivity index (χ3v) is 2.98. The Kier molecular flexibility index (Phi) is 4.14. The Labute approximate surface area is 116 Å². The molecule has 1 aromatic carbocycles. The minimum atomic E-state index is -0.576. The Morgan fingerprint density at radius 1 is 1.55 bits per heavy atom. The number of nitrogens with one attached hydrogen (secondary N) is 1. The molecule has 0 fully saturated rings. The summed E-state index contributed by atoms with van der Waals surface area (Å²) in [6.07, 6.45) is 3.32.